The molecule has 4 nitrogen and oxygen atoms in total. The summed E-state index contributed by atoms with van der Waals surface area (Å²) in [6.07, 6.45) is 3.03. The minimum absolute atomic E-state index is 0. The summed E-state index contributed by atoms with van der Waals surface area (Å²) in [5, 5.41) is 3.37. The van der Waals surface area contributed by atoms with Crippen molar-refractivity contribution in [3.63, 3.8) is 0 Å². The van der Waals surface area contributed by atoms with Gasteiger partial charge in [-0.05, 0) is 38.4 Å². The number of esters is 1. The van der Waals surface area contributed by atoms with Gasteiger partial charge in [-0.2, -0.15) is 0 Å². The van der Waals surface area contributed by atoms with Gasteiger partial charge in [-0.1, -0.05) is 6.92 Å². The van der Waals surface area contributed by atoms with Gasteiger partial charge in [0.05, 0.1) is 13.5 Å². The molecule has 0 atom stereocenters. The van der Waals surface area contributed by atoms with Crippen molar-refractivity contribution in [2.45, 2.75) is 26.2 Å². The van der Waals surface area contributed by atoms with Crippen LogP contribution in [0.4, 0.5) is 0 Å². The number of nitrogens with zero attached hydrogens (tertiary/aromatic N) is 1. The fraction of sp³-hybridized carbons (Fsp3) is 0.917. The standard InChI is InChI=1S/C12H24N2O2.ClH/c1-3-14(9-6-12(15)16-2)10-11-4-7-13-8-5-11;/h11,13H,3-10H2,1-2H3;1H. The van der Waals surface area contributed by atoms with Crippen molar-refractivity contribution in [1.29, 1.82) is 0 Å². The second kappa shape index (κ2) is 9.68. The van der Waals surface area contributed by atoms with E-state index in [1.165, 1.54) is 20.0 Å². The summed E-state index contributed by atoms with van der Waals surface area (Å²) in [4.78, 5) is 13.4. The molecule has 0 aliphatic carbocycles. The maximum absolute atomic E-state index is 11.1. The molecular formula is C12H25ClN2O2. The van der Waals surface area contributed by atoms with E-state index in [9.17, 15) is 4.79 Å². The summed E-state index contributed by atoms with van der Waals surface area (Å²) in [5.74, 6) is 0.683. The molecule has 0 spiro atoms. The zero-order chi connectivity index (χ0) is 11.8. The van der Waals surface area contributed by atoms with Crippen LogP contribution in [0.1, 0.15) is 26.2 Å². The second-order valence-electron chi connectivity index (χ2n) is 4.41. The highest BCUT2D eigenvalue weighted by atomic mass is 35.5. The van der Waals surface area contributed by atoms with Gasteiger partial charge in [0.1, 0.15) is 0 Å². The van der Waals surface area contributed by atoms with Crippen molar-refractivity contribution in [3.8, 4) is 0 Å². The highest BCUT2D eigenvalue weighted by molar-refractivity contribution is 5.85. The average molecular weight is 265 g/mol. The average Bonchev–Trinajstić information content (AvgIpc) is 2.35. The Morgan fingerprint density at radius 1 is 1.41 bits per heavy atom. The molecule has 0 aromatic rings. The van der Waals surface area contributed by atoms with Gasteiger partial charge >= 0.3 is 5.97 Å². The summed E-state index contributed by atoms with van der Waals surface area (Å²) in [6, 6.07) is 0. The first-order valence-corrected chi connectivity index (χ1v) is 6.26. The van der Waals surface area contributed by atoms with Gasteiger partial charge in [-0.15, -0.1) is 12.4 Å². The van der Waals surface area contributed by atoms with E-state index in [-0.39, 0.29) is 18.4 Å². The number of halogens is 1. The van der Waals surface area contributed by atoms with E-state index in [4.69, 9.17) is 0 Å². The highest BCUT2D eigenvalue weighted by Gasteiger charge is 2.16. The van der Waals surface area contributed by atoms with Crippen molar-refractivity contribution in [2.75, 3.05) is 39.8 Å². The van der Waals surface area contributed by atoms with Crippen LogP contribution in [0.5, 0.6) is 0 Å². The topological polar surface area (TPSA) is 41.6 Å². The van der Waals surface area contributed by atoms with Crippen LogP contribution in [-0.2, 0) is 9.53 Å². The molecule has 1 N–H and O–H groups in total. The lowest BCUT2D eigenvalue weighted by atomic mass is 9.97. The molecule has 0 aromatic carbocycles. The summed E-state index contributed by atoms with van der Waals surface area (Å²) in [7, 11) is 1.45. The number of piperidine rings is 1. The molecule has 1 heterocycles. The Labute approximate surface area is 110 Å². The van der Waals surface area contributed by atoms with Crippen molar-refractivity contribution in [2.24, 2.45) is 5.92 Å². The predicted octanol–water partition coefficient (Wildman–Crippen LogP) is 1.29. The number of ether oxygens (including phenoxy) is 1. The number of methoxy groups -OCH3 is 1. The van der Waals surface area contributed by atoms with Gasteiger partial charge in [-0.3, -0.25) is 4.79 Å². The SMILES string of the molecule is CCN(CCC(=O)OC)CC1CCNCC1.Cl. The van der Waals surface area contributed by atoms with Crippen LogP contribution in [0.2, 0.25) is 0 Å². The molecule has 0 bridgehead atoms. The smallest absolute Gasteiger partial charge is 0.306 e. The second-order valence-corrected chi connectivity index (χ2v) is 4.41. The van der Waals surface area contributed by atoms with Crippen LogP contribution in [-0.4, -0.2) is 50.7 Å². The normalized spacial score (nSPS) is 16.6. The fourth-order valence-corrected chi connectivity index (χ4v) is 2.16. The molecule has 0 amide bonds. The Morgan fingerprint density at radius 2 is 2.06 bits per heavy atom. The van der Waals surface area contributed by atoms with Crippen molar-refractivity contribution in [1.82, 2.24) is 10.2 Å². The van der Waals surface area contributed by atoms with E-state index in [2.05, 4.69) is 21.9 Å². The largest absolute Gasteiger partial charge is 0.469 e. The summed E-state index contributed by atoms with van der Waals surface area (Å²) in [5.41, 5.74) is 0. The zero-order valence-electron chi connectivity index (χ0n) is 10.9. The Bertz CT molecular complexity index is 209. The zero-order valence-corrected chi connectivity index (χ0v) is 11.7. The van der Waals surface area contributed by atoms with Crippen LogP contribution < -0.4 is 5.32 Å². The third-order valence-electron chi connectivity index (χ3n) is 3.28. The number of nitrogens with one attached hydrogen (secondary N) is 1. The summed E-state index contributed by atoms with van der Waals surface area (Å²) < 4.78 is 4.66. The van der Waals surface area contributed by atoms with Crippen LogP contribution in [0.25, 0.3) is 0 Å². The number of hydrogen-bond donors (Lipinski definition) is 1. The van der Waals surface area contributed by atoms with Crippen LogP contribution in [0.15, 0.2) is 0 Å². The Hall–Kier alpha value is -0.320. The minimum Gasteiger partial charge on any atom is -0.469 e. The predicted molar refractivity (Wildman–Crippen MR) is 71.6 cm³/mol. The third-order valence-corrected chi connectivity index (χ3v) is 3.28. The molecule has 1 aliphatic heterocycles. The lowest BCUT2D eigenvalue weighted by molar-refractivity contribution is -0.141. The molecule has 1 rings (SSSR count). The fourth-order valence-electron chi connectivity index (χ4n) is 2.16. The first-order valence-electron chi connectivity index (χ1n) is 6.26. The number of carbonyl (C=O) groups excluding carboxylic acids is 1. The third kappa shape index (κ3) is 6.86. The van der Waals surface area contributed by atoms with Crippen LogP contribution >= 0.6 is 12.4 Å². The molecule has 0 unspecified atom stereocenters. The highest BCUT2D eigenvalue weighted by Crippen LogP contribution is 2.13. The number of carbonyl (C=O) groups is 1. The van der Waals surface area contributed by atoms with Crippen LogP contribution in [0.3, 0.4) is 0 Å². The maximum atomic E-state index is 11.1. The Morgan fingerprint density at radius 3 is 2.59 bits per heavy atom. The summed E-state index contributed by atoms with van der Waals surface area (Å²) >= 11 is 0. The van der Waals surface area contributed by atoms with E-state index < -0.39 is 0 Å². The molecule has 0 saturated carbocycles. The van der Waals surface area contributed by atoms with Crippen LogP contribution in [0, 0.1) is 5.92 Å². The Kier molecular flexibility index (Phi) is 9.50. The quantitative estimate of drug-likeness (QED) is 0.734. The van der Waals surface area contributed by atoms with Gasteiger partial charge in [0.15, 0.2) is 0 Å². The molecular weight excluding hydrogens is 240 g/mol. The van der Waals surface area contributed by atoms with Gasteiger partial charge < -0.3 is 15.0 Å². The van der Waals surface area contributed by atoms with Crippen molar-refractivity contribution in [3.05, 3.63) is 0 Å². The molecule has 102 valence electrons. The van der Waals surface area contributed by atoms with E-state index in [0.717, 1.165) is 38.6 Å². The van der Waals surface area contributed by atoms with Gasteiger partial charge in [0, 0.05) is 13.1 Å². The van der Waals surface area contributed by atoms with E-state index >= 15 is 0 Å². The molecule has 0 radical (unpaired) electrons. The van der Waals surface area contributed by atoms with Gasteiger partial charge in [-0.25, -0.2) is 0 Å². The monoisotopic (exact) mass is 264 g/mol. The number of rotatable bonds is 6. The van der Waals surface area contributed by atoms with E-state index in [1.807, 2.05) is 0 Å². The molecule has 0 aromatic heterocycles. The molecule has 5 heteroatoms. The molecule has 17 heavy (non-hydrogen) atoms. The number of hydrogen-bond acceptors (Lipinski definition) is 4. The molecule has 1 saturated heterocycles. The lowest BCUT2D eigenvalue weighted by Gasteiger charge is -2.29. The summed E-state index contributed by atoms with van der Waals surface area (Å²) in [6.45, 7) is 7.39. The Balaban J connectivity index is 0.00000256. The van der Waals surface area contributed by atoms with Crippen molar-refractivity contribution < 1.29 is 9.53 Å². The van der Waals surface area contributed by atoms with Gasteiger partial charge in [0.2, 0.25) is 0 Å². The lowest BCUT2D eigenvalue weighted by Crippen LogP contribution is -2.37. The minimum atomic E-state index is -0.108. The molecule has 1 fully saturated rings. The molecule has 1 aliphatic rings. The maximum Gasteiger partial charge on any atom is 0.306 e. The first-order chi connectivity index (χ1) is 7.76. The first kappa shape index (κ1) is 16.7. The van der Waals surface area contributed by atoms with Crippen molar-refractivity contribution >= 4 is 18.4 Å². The van der Waals surface area contributed by atoms with E-state index in [0.29, 0.717) is 6.42 Å². The van der Waals surface area contributed by atoms with Gasteiger partial charge in [0.25, 0.3) is 0 Å². The van der Waals surface area contributed by atoms with E-state index in [1.54, 1.807) is 0 Å².